The molecular weight excluding hydrogens is 280 g/mol. The fraction of sp³-hybridized carbons (Fsp3) is 0.941. The van der Waals surface area contributed by atoms with Gasteiger partial charge in [0.2, 0.25) is 0 Å². The van der Waals surface area contributed by atoms with Crippen LogP contribution >= 0.6 is 0 Å². The minimum Gasteiger partial charge on any atom is -0.444 e. The number of hydrogen-bond acceptors (Lipinski definition) is 4. The highest BCUT2D eigenvalue weighted by Crippen LogP contribution is 2.20. The van der Waals surface area contributed by atoms with Gasteiger partial charge in [0.05, 0.1) is 6.10 Å². The van der Waals surface area contributed by atoms with E-state index >= 15 is 0 Å². The monoisotopic (exact) mass is 312 g/mol. The molecule has 0 aromatic carbocycles. The van der Waals surface area contributed by atoms with Crippen molar-refractivity contribution in [1.29, 1.82) is 0 Å². The molecule has 0 aromatic heterocycles. The normalized spacial score (nSPS) is 24.6. The summed E-state index contributed by atoms with van der Waals surface area (Å²) in [5.41, 5.74) is -0.414. The minimum absolute atomic E-state index is 0.177. The SMILES string of the molecule is CN(C[C@@H]1CCCCO1)C1CCN(C(=O)OC(C)(C)C)CC1. The van der Waals surface area contributed by atoms with Gasteiger partial charge in [0.1, 0.15) is 5.60 Å². The third-order valence-electron chi connectivity index (χ3n) is 4.51. The summed E-state index contributed by atoms with van der Waals surface area (Å²) in [6.07, 6.45) is 5.92. The zero-order valence-electron chi connectivity index (χ0n) is 14.6. The van der Waals surface area contributed by atoms with Gasteiger partial charge < -0.3 is 19.3 Å². The molecule has 0 bridgehead atoms. The largest absolute Gasteiger partial charge is 0.444 e. The first-order valence-electron chi connectivity index (χ1n) is 8.65. The molecule has 5 heteroatoms. The van der Waals surface area contributed by atoms with Crippen LogP contribution < -0.4 is 0 Å². The summed E-state index contributed by atoms with van der Waals surface area (Å²) in [6, 6.07) is 0.546. The summed E-state index contributed by atoms with van der Waals surface area (Å²) in [6.45, 7) is 9.23. The molecule has 0 aliphatic carbocycles. The first-order valence-corrected chi connectivity index (χ1v) is 8.65. The Morgan fingerprint density at radius 2 is 1.91 bits per heavy atom. The van der Waals surface area contributed by atoms with Gasteiger partial charge in [-0.1, -0.05) is 0 Å². The van der Waals surface area contributed by atoms with Crippen molar-refractivity contribution in [1.82, 2.24) is 9.80 Å². The van der Waals surface area contributed by atoms with Gasteiger partial charge in [0.25, 0.3) is 0 Å². The zero-order valence-corrected chi connectivity index (χ0v) is 14.6. The summed E-state index contributed by atoms with van der Waals surface area (Å²) >= 11 is 0. The second kappa shape index (κ2) is 7.64. The van der Waals surface area contributed by atoms with Crippen molar-refractivity contribution in [3.8, 4) is 0 Å². The smallest absolute Gasteiger partial charge is 0.410 e. The van der Waals surface area contributed by atoms with Crippen molar-refractivity contribution in [2.24, 2.45) is 0 Å². The number of carbonyl (C=O) groups is 1. The lowest BCUT2D eigenvalue weighted by molar-refractivity contribution is -0.0165. The zero-order chi connectivity index (χ0) is 16.2. The number of ether oxygens (including phenoxy) is 2. The first kappa shape index (κ1) is 17.5. The molecule has 0 aromatic rings. The highest BCUT2D eigenvalue weighted by molar-refractivity contribution is 5.68. The molecule has 2 aliphatic rings. The summed E-state index contributed by atoms with van der Waals surface area (Å²) in [4.78, 5) is 16.3. The van der Waals surface area contributed by atoms with Crippen molar-refractivity contribution >= 4 is 6.09 Å². The summed E-state index contributed by atoms with van der Waals surface area (Å²) in [5, 5.41) is 0. The maximum Gasteiger partial charge on any atom is 0.410 e. The van der Waals surface area contributed by atoms with Crippen LogP contribution in [0.1, 0.15) is 52.9 Å². The topological polar surface area (TPSA) is 42.0 Å². The number of hydrogen-bond donors (Lipinski definition) is 0. The number of rotatable bonds is 3. The molecule has 2 aliphatic heterocycles. The second-order valence-electron chi connectivity index (χ2n) is 7.63. The third kappa shape index (κ3) is 5.43. The van der Waals surface area contributed by atoms with E-state index in [1.165, 1.54) is 19.3 Å². The molecule has 0 saturated carbocycles. The molecule has 2 heterocycles. The molecule has 0 N–H and O–H groups in total. The van der Waals surface area contributed by atoms with Crippen LogP contribution in [0.15, 0.2) is 0 Å². The molecule has 2 saturated heterocycles. The van der Waals surface area contributed by atoms with Crippen molar-refractivity contribution in [3.05, 3.63) is 0 Å². The lowest BCUT2D eigenvalue weighted by atomic mass is 10.0. The van der Waals surface area contributed by atoms with Gasteiger partial charge in [-0.25, -0.2) is 4.79 Å². The van der Waals surface area contributed by atoms with Crippen molar-refractivity contribution in [2.45, 2.75) is 70.6 Å². The molecule has 2 rings (SSSR count). The summed E-state index contributed by atoms with van der Waals surface area (Å²) < 4.78 is 11.3. The van der Waals surface area contributed by atoms with Crippen LogP contribution in [0.4, 0.5) is 4.79 Å². The average Bonchev–Trinajstić information content (AvgIpc) is 2.46. The van der Waals surface area contributed by atoms with Crippen molar-refractivity contribution in [3.63, 3.8) is 0 Å². The van der Waals surface area contributed by atoms with Gasteiger partial charge in [-0.05, 0) is 59.9 Å². The molecule has 1 amide bonds. The Hall–Kier alpha value is -0.810. The summed E-state index contributed by atoms with van der Waals surface area (Å²) in [5.74, 6) is 0. The fourth-order valence-electron chi connectivity index (χ4n) is 3.24. The van der Waals surface area contributed by atoms with Crippen LogP contribution in [-0.2, 0) is 9.47 Å². The first-order chi connectivity index (χ1) is 10.3. The molecule has 128 valence electrons. The highest BCUT2D eigenvalue weighted by atomic mass is 16.6. The predicted molar refractivity (Wildman–Crippen MR) is 87.1 cm³/mol. The lowest BCUT2D eigenvalue weighted by Gasteiger charge is -2.38. The van der Waals surface area contributed by atoms with E-state index in [0.717, 1.165) is 39.1 Å². The van der Waals surface area contributed by atoms with Crippen LogP contribution in [0.25, 0.3) is 0 Å². The molecule has 0 spiro atoms. The maximum absolute atomic E-state index is 12.1. The van der Waals surface area contributed by atoms with Gasteiger partial charge in [-0.2, -0.15) is 0 Å². The maximum atomic E-state index is 12.1. The van der Waals surface area contributed by atoms with Gasteiger partial charge in [-0.3, -0.25) is 0 Å². The molecule has 22 heavy (non-hydrogen) atoms. The van der Waals surface area contributed by atoms with Gasteiger partial charge in [0, 0.05) is 32.3 Å². The number of amides is 1. The van der Waals surface area contributed by atoms with E-state index in [9.17, 15) is 4.79 Å². The Labute approximate surface area is 134 Å². The number of piperidine rings is 1. The van der Waals surface area contributed by atoms with Gasteiger partial charge in [-0.15, -0.1) is 0 Å². The number of likely N-dealkylation sites (tertiary alicyclic amines) is 1. The number of likely N-dealkylation sites (N-methyl/N-ethyl adjacent to an activating group) is 1. The second-order valence-corrected chi connectivity index (χ2v) is 7.63. The molecule has 0 radical (unpaired) electrons. The Kier molecular flexibility index (Phi) is 6.09. The molecular formula is C17H32N2O3. The Balaban J connectivity index is 1.72. The van der Waals surface area contributed by atoms with Crippen LogP contribution in [-0.4, -0.2) is 66.9 Å². The lowest BCUT2D eigenvalue weighted by Crippen LogP contribution is -2.48. The van der Waals surface area contributed by atoms with Gasteiger partial charge >= 0.3 is 6.09 Å². The van der Waals surface area contributed by atoms with Gasteiger partial charge in [0.15, 0.2) is 0 Å². The molecule has 1 atom stereocenters. The number of carbonyl (C=O) groups excluding carboxylic acids is 1. The third-order valence-corrected chi connectivity index (χ3v) is 4.51. The van der Waals surface area contributed by atoms with E-state index < -0.39 is 5.60 Å². The predicted octanol–water partition coefficient (Wildman–Crippen LogP) is 2.89. The van der Waals surface area contributed by atoms with E-state index in [1.807, 2.05) is 25.7 Å². The Morgan fingerprint density at radius 3 is 2.45 bits per heavy atom. The van der Waals surface area contributed by atoms with E-state index in [-0.39, 0.29) is 6.09 Å². The van der Waals surface area contributed by atoms with Crippen LogP contribution in [0.3, 0.4) is 0 Å². The van der Waals surface area contributed by atoms with E-state index in [2.05, 4.69) is 11.9 Å². The van der Waals surface area contributed by atoms with Crippen LogP contribution in [0, 0.1) is 0 Å². The molecule has 0 unspecified atom stereocenters. The van der Waals surface area contributed by atoms with Crippen molar-refractivity contribution < 1.29 is 14.3 Å². The average molecular weight is 312 g/mol. The van der Waals surface area contributed by atoms with Crippen LogP contribution in [0.5, 0.6) is 0 Å². The minimum atomic E-state index is -0.414. The van der Waals surface area contributed by atoms with E-state index in [4.69, 9.17) is 9.47 Å². The quantitative estimate of drug-likeness (QED) is 0.803. The van der Waals surface area contributed by atoms with E-state index in [0.29, 0.717) is 12.1 Å². The van der Waals surface area contributed by atoms with Crippen molar-refractivity contribution in [2.75, 3.05) is 33.3 Å². The Bertz CT molecular complexity index is 353. The number of nitrogens with zero attached hydrogens (tertiary/aromatic N) is 2. The molecule has 2 fully saturated rings. The standard InChI is InChI=1S/C17H32N2O3/c1-17(2,3)22-16(20)19-10-8-14(9-11-19)18(4)13-15-7-5-6-12-21-15/h14-15H,5-13H2,1-4H3/t15-/m0/s1. The molecule has 5 nitrogen and oxygen atoms in total. The summed E-state index contributed by atoms with van der Waals surface area (Å²) in [7, 11) is 2.19. The van der Waals surface area contributed by atoms with Crippen LogP contribution in [0.2, 0.25) is 0 Å². The highest BCUT2D eigenvalue weighted by Gasteiger charge is 2.29. The fourth-order valence-corrected chi connectivity index (χ4v) is 3.24. The Morgan fingerprint density at radius 1 is 1.23 bits per heavy atom. The van der Waals surface area contributed by atoms with E-state index in [1.54, 1.807) is 0 Å².